The van der Waals surface area contributed by atoms with Crippen LogP contribution in [0.3, 0.4) is 0 Å². The molecule has 0 saturated carbocycles. The number of nitrogens with two attached hydrogens (primary N) is 1. The number of aliphatic imine (C=N–C) groups is 2. The summed E-state index contributed by atoms with van der Waals surface area (Å²) in [5.41, 5.74) is 11.1. The molecule has 216 valence electrons. The van der Waals surface area contributed by atoms with Crippen molar-refractivity contribution in [1.29, 1.82) is 0 Å². The van der Waals surface area contributed by atoms with Gasteiger partial charge in [0.25, 0.3) is 5.56 Å². The third kappa shape index (κ3) is 5.89. The van der Waals surface area contributed by atoms with E-state index in [9.17, 15) is 4.79 Å². The zero-order chi connectivity index (χ0) is 29.6. The predicted octanol–water partition coefficient (Wildman–Crippen LogP) is 4.38. The molecule has 5 rings (SSSR count). The summed E-state index contributed by atoms with van der Waals surface area (Å²) in [6.07, 6.45) is 2.77. The summed E-state index contributed by atoms with van der Waals surface area (Å²) in [5, 5.41) is 3.12. The monoisotopic (exact) mass is 564 g/mol. The summed E-state index contributed by atoms with van der Waals surface area (Å²) < 4.78 is 7.28. The molecule has 0 bridgehead atoms. The van der Waals surface area contributed by atoms with Crippen LogP contribution >= 0.6 is 0 Å². The first-order valence-electron chi connectivity index (χ1n) is 13.8. The van der Waals surface area contributed by atoms with E-state index in [0.717, 1.165) is 49.5 Å². The molecule has 10 nitrogen and oxygen atoms in total. The van der Waals surface area contributed by atoms with E-state index in [-0.39, 0.29) is 17.1 Å². The SMILES string of the molecule is CNc1cccc(-n2c(/N=C/N)c(C=Nc3cc(C)c(N4CCN(C)CC4)cc3OC)nc(-c3ccccc3)c2=O)c1. The van der Waals surface area contributed by atoms with Crippen molar-refractivity contribution in [3.8, 4) is 22.7 Å². The molecule has 1 fully saturated rings. The molecular formula is C32H36N8O2. The van der Waals surface area contributed by atoms with Gasteiger partial charge in [0.15, 0.2) is 5.82 Å². The third-order valence-electron chi connectivity index (χ3n) is 7.38. The topological polar surface area (TPSA) is 113 Å². The Morgan fingerprint density at radius 2 is 1.76 bits per heavy atom. The van der Waals surface area contributed by atoms with E-state index < -0.39 is 0 Å². The number of benzene rings is 3. The Kier molecular flexibility index (Phi) is 8.63. The van der Waals surface area contributed by atoms with Gasteiger partial charge in [-0.15, -0.1) is 0 Å². The smallest absolute Gasteiger partial charge is 0.283 e. The van der Waals surface area contributed by atoms with Crippen LogP contribution in [0.5, 0.6) is 5.75 Å². The van der Waals surface area contributed by atoms with Crippen molar-refractivity contribution in [3.05, 3.63) is 88.3 Å². The van der Waals surface area contributed by atoms with Crippen molar-refractivity contribution in [2.75, 3.05) is 57.6 Å². The molecule has 4 aromatic rings. The molecule has 1 aliphatic heterocycles. The highest BCUT2D eigenvalue weighted by atomic mass is 16.5. The highest BCUT2D eigenvalue weighted by Gasteiger charge is 2.20. The first-order valence-corrected chi connectivity index (χ1v) is 13.8. The average molecular weight is 565 g/mol. The van der Waals surface area contributed by atoms with Crippen LogP contribution in [0.25, 0.3) is 16.9 Å². The van der Waals surface area contributed by atoms with Gasteiger partial charge < -0.3 is 25.6 Å². The number of aryl methyl sites for hydroxylation is 1. The number of aromatic nitrogens is 2. The average Bonchev–Trinajstić information content (AvgIpc) is 3.02. The molecule has 1 aliphatic rings. The van der Waals surface area contributed by atoms with Gasteiger partial charge in [0.1, 0.15) is 22.8 Å². The third-order valence-corrected chi connectivity index (χ3v) is 7.38. The maximum atomic E-state index is 13.9. The predicted molar refractivity (Wildman–Crippen MR) is 172 cm³/mol. The normalized spacial score (nSPS) is 14.1. The molecule has 0 unspecified atom stereocenters. The first kappa shape index (κ1) is 28.6. The molecule has 2 heterocycles. The number of methoxy groups -OCH3 is 1. The molecule has 0 spiro atoms. The van der Waals surface area contributed by atoms with E-state index in [1.165, 1.54) is 4.57 Å². The zero-order valence-corrected chi connectivity index (χ0v) is 24.4. The van der Waals surface area contributed by atoms with Gasteiger partial charge in [-0.2, -0.15) is 0 Å². The lowest BCUT2D eigenvalue weighted by Gasteiger charge is -2.35. The number of anilines is 2. The minimum Gasteiger partial charge on any atom is -0.494 e. The van der Waals surface area contributed by atoms with Crippen LogP contribution < -0.4 is 26.2 Å². The van der Waals surface area contributed by atoms with Crippen LogP contribution in [0.1, 0.15) is 11.3 Å². The van der Waals surface area contributed by atoms with Crippen molar-refractivity contribution >= 4 is 35.4 Å². The van der Waals surface area contributed by atoms with Crippen LogP contribution in [0.4, 0.5) is 22.9 Å². The number of hydrogen-bond donors (Lipinski definition) is 2. The quantitative estimate of drug-likeness (QED) is 0.241. The van der Waals surface area contributed by atoms with Crippen molar-refractivity contribution < 1.29 is 4.74 Å². The molecule has 42 heavy (non-hydrogen) atoms. The van der Waals surface area contributed by atoms with Gasteiger partial charge in [-0.1, -0.05) is 36.4 Å². The second kappa shape index (κ2) is 12.7. The number of nitrogens with zero attached hydrogens (tertiary/aromatic N) is 6. The van der Waals surface area contributed by atoms with Crippen LogP contribution in [0, 0.1) is 6.92 Å². The standard InChI is InChI=1S/C32H36N8O2/c1-22-17-26(29(42-4)19-28(22)39-15-13-38(3)14-16-39)35-20-27-31(36-21-33)40(25-12-8-11-24(18-25)34-2)32(41)30(37-27)23-9-6-5-7-10-23/h5-12,17-21,34H,13-16H2,1-4H3,(H2,33,36). The first-order chi connectivity index (χ1) is 20.4. The van der Waals surface area contributed by atoms with Gasteiger partial charge in [0.05, 0.1) is 25.4 Å². The fourth-order valence-corrected chi connectivity index (χ4v) is 5.09. The van der Waals surface area contributed by atoms with E-state index in [0.29, 0.717) is 28.4 Å². The van der Waals surface area contributed by atoms with Crippen molar-refractivity contribution in [2.24, 2.45) is 15.7 Å². The Balaban J connectivity index is 1.66. The van der Waals surface area contributed by atoms with E-state index in [1.54, 1.807) is 13.3 Å². The lowest BCUT2D eigenvalue weighted by atomic mass is 10.1. The molecule has 10 heteroatoms. The molecule has 0 aliphatic carbocycles. The van der Waals surface area contributed by atoms with Gasteiger partial charge in [-0.05, 0) is 43.8 Å². The Hall–Kier alpha value is -4.96. The molecule has 0 atom stereocenters. The van der Waals surface area contributed by atoms with Crippen LogP contribution in [0.15, 0.2) is 81.5 Å². The molecule has 1 saturated heterocycles. The van der Waals surface area contributed by atoms with Gasteiger partial charge in [0, 0.05) is 56.2 Å². The van der Waals surface area contributed by atoms with Gasteiger partial charge in [-0.25, -0.2) is 9.98 Å². The van der Waals surface area contributed by atoms with Crippen LogP contribution in [-0.2, 0) is 0 Å². The van der Waals surface area contributed by atoms with E-state index in [4.69, 9.17) is 20.4 Å². The molecule has 0 amide bonds. The molecule has 3 N–H and O–H groups in total. The maximum Gasteiger partial charge on any atom is 0.283 e. The Labute approximate surface area is 245 Å². The number of nitrogens with one attached hydrogen (secondary N) is 1. The zero-order valence-electron chi connectivity index (χ0n) is 24.4. The maximum absolute atomic E-state index is 13.9. The van der Waals surface area contributed by atoms with Crippen molar-refractivity contribution in [3.63, 3.8) is 0 Å². The van der Waals surface area contributed by atoms with Gasteiger partial charge >= 0.3 is 0 Å². The molecular weight excluding hydrogens is 528 g/mol. The minimum atomic E-state index is -0.322. The summed E-state index contributed by atoms with van der Waals surface area (Å²) in [4.78, 5) is 32.6. The van der Waals surface area contributed by atoms with Gasteiger partial charge in [-0.3, -0.25) is 14.4 Å². The van der Waals surface area contributed by atoms with E-state index in [2.05, 4.69) is 34.1 Å². The summed E-state index contributed by atoms with van der Waals surface area (Å²) >= 11 is 0. The second-order valence-electron chi connectivity index (χ2n) is 10.1. The lowest BCUT2D eigenvalue weighted by molar-refractivity contribution is 0.312. The van der Waals surface area contributed by atoms with Crippen molar-refractivity contribution in [2.45, 2.75) is 6.92 Å². The highest BCUT2D eigenvalue weighted by molar-refractivity contribution is 5.88. The fourth-order valence-electron chi connectivity index (χ4n) is 5.09. The Morgan fingerprint density at radius 3 is 2.45 bits per heavy atom. The number of piperazine rings is 1. The molecule has 1 aromatic heterocycles. The Bertz CT molecular complexity index is 1670. The number of rotatable bonds is 8. The van der Waals surface area contributed by atoms with Crippen LogP contribution in [0.2, 0.25) is 0 Å². The lowest BCUT2D eigenvalue weighted by Crippen LogP contribution is -2.44. The largest absolute Gasteiger partial charge is 0.494 e. The minimum absolute atomic E-state index is 0.268. The number of hydrogen-bond acceptors (Lipinski definition) is 8. The fraction of sp³-hybridized carbons (Fsp3) is 0.250. The molecule has 3 aromatic carbocycles. The summed E-state index contributed by atoms with van der Waals surface area (Å²) in [7, 11) is 5.61. The second-order valence-corrected chi connectivity index (χ2v) is 10.1. The highest BCUT2D eigenvalue weighted by Crippen LogP contribution is 2.36. The molecule has 0 radical (unpaired) electrons. The van der Waals surface area contributed by atoms with Gasteiger partial charge in [0.2, 0.25) is 0 Å². The van der Waals surface area contributed by atoms with E-state index >= 15 is 0 Å². The van der Waals surface area contributed by atoms with Crippen LogP contribution in [-0.4, -0.2) is 74.4 Å². The van der Waals surface area contributed by atoms with E-state index in [1.807, 2.05) is 73.8 Å². The summed E-state index contributed by atoms with van der Waals surface area (Å²) in [6.45, 7) is 6.00. The van der Waals surface area contributed by atoms with Crippen molar-refractivity contribution in [1.82, 2.24) is 14.5 Å². The number of ether oxygens (including phenoxy) is 1. The summed E-state index contributed by atoms with van der Waals surface area (Å²) in [5.74, 6) is 0.914. The number of likely N-dealkylation sites (N-methyl/N-ethyl adjacent to an activating group) is 1. The Morgan fingerprint density at radius 1 is 1.00 bits per heavy atom. The summed E-state index contributed by atoms with van der Waals surface area (Å²) in [6, 6.07) is 20.9.